The van der Waals surface area contributed by atoms with Gasteiger partial charge in [-0.25, -0.2) is 12.1 Å². The second kappa shape index (κ2) is 16.1. The summed E-state index contributed by atoms with van der Waals surface area (Å²) < 4.78 is 1.46. The fourth-order valence-corrected chi connectivity index (χ4v) is 3.93. The van der Waals surface area contributed by atoms with Gasteiger partial charge in [-0.1, -0.05) is 52.4 Å². The maximum atomic E-state index is 3.23. The van der Waals surface area contributed by atoms with E-state index in [-0.39, 0.29) is 24.8 Å². The van der Waals surface area contributed by atoms with Gasteiger partial charge >= 0.3 is 70.3 Å². The van der Waals surface area contributed by atoms with Crippen molar-refractivity contribution in [2.45, 2.75) is 65.7 Å². The van der Waals surface area contributed by atoms with E-state index >= 15 is 0 Å². The number of fused-ring (bicyclic) bond motifs is 1. The molecule has 0 bridgehead atoms. The number of hydrogen-bond acceptors (Lipinski definition) is 0. The summed E-state index contributed by atoms with van der Waals surface area (Å²) in [5.41, 5.74) is 7.66. The molecule has 0 heterocycles. The minimum atomic E-state index is 0. The third kappa shape index (κ3) is 9.82. The van der Waals surface area contributed by atoms with Gasteiger partial charge in [0.25, 0.3) is 0 Å². The minimum absolute atomic E-state index is 0. The summed E-state index contributed by atoms with van der Waals surface area (Å²) >= 11 is 1.51. The van der Waals surface area contributed by atoms with Crippen molar-refractivity contribution in [2.75, 3.05) is 0 Å². The average Bonchev–Trinajstić information content (AvgIpc) is 3.38. The molecule has 0 N–H and O–H groups in total. The third-order valence-electron chi connectivity index (χ3n) is 5.21. The van der Waals surface area contributed by atoms with E-state index < -0.39 is 0 Å². The van der Waals surface area contributed by atoms with Gasteiger partial charge in [0, 0.05) is 0 Å². The smallest absolute Gasteiger partial charge is 0.0512 e. The van der Waals surface area contributed by atoms with E-state index in [0.29, 0.717) is 0 Å². The van der Waals surface area contributed by atoms with E-state index in [1.54, 1.807) is 16.7 Å². The van der Waals surface area contributed by atoms with Gasteiger partial charge in [-0.05, 0) is 0 Å². The van der Waals surface area contributed by atoms with Crippen molar-refractivity contribution < 1.29 is 49.0 Å². The summed E-state index contributed by atoms with van der Waals surface area (Å²) in [7, 11) is 0. The molecule has 0 nitrogen and oxygen atoms in total. The predicted octanol–water partition coefficient (Wildman–Crippen LogP) is 0.932. The fourth-order valence-electron chi connectivity index (χ4n) is 3.52. The Kier molecular flexibility index (Phi) is 15.8. The van der Waals surface area contributed by atoms with E-state index in [1.807, 2.05) is 6.07 Å². The van der Waals surface area contributed by atoms with Gasteiger partial charge in [0.05, 0.1) is 0 Å². The van der Waals surface area contributed by atoms with E-state index in [0.717, 1.165) is 6.42 Å². The number of allylic oxidation sites excluding steroid dienone is 4. The number of aryl methyl sites for hydroxylation is 2. The van der Waals surface area contributed by atoms with Crippen LogP contribution < -0.4 is 24.8 Å². The van der Waals surface area contributed by atoms with Crippen LogP contribution in [-0.2, 0) is 37.1 Å². The summed E-state index contributed by atoms with van der Waals surface area (Å²) in [6.07, 6.45) is 14.3. The number of benzene rings is 1. The summed E-state index contributed by atoms with van der Waals surface area (Å²) in [6.45, 7) is 6.58. The van der Waals surface area contributed by atoms with Crippen LogP contribution in [0, 0.1) is 6.08 Å². The molecule has 29 heavy (non-hydrogen) atoms. The van der Waals surface area contributed by atoms with Crippen LogP contribution in [-0.4, -0.2) is 3.21 Å². The van der Waals surface area contributed by atoms with Crippen molar-refractivity contribution in [2.24, 2.45) is 0 Å². The van der Waals surface area contributed by atoms with Gasteiger partial charge in [0.15, 0.2) is 0 Å². The Hall–Kier alpha value is -0.617. The SMILES string of the molecule is CCC1=C(CC)C[C-]=C1.C[C](=[Zr+2])c1ccccc1.[Cl-].[Cl-].c1cc2c([cH-]1)CCCC2. The molecule has 2 aliphatic rings. The van der Waals surface area contributed by atoms with Crippen molar-refractivity contribution in [1.29, 1.82) is 0 Å². The number of rotatable bonds is 3. The molecule has 3 heteroatoms. The molecular weight excluding hydrogens is 474 g/mol. The first-order valence-electron chi connectivity index (χ1n) is 10.3. The first-order chi connectivity index (χ1) is 13.2. The Morgan fingerprint density at radius 2 is 1.69 bits per heavy atom. The molecule has 0 fully saturated rings. The van der Waals surface area contributed by atoms with Crippen molar-refractivity contribution >= 4 is 3.21 Å². The van der Waals surface area contributed by atoms with Gasteiger partial charge in [0.1, 0.15) is 0 Å². The van der Waals surface area contributed by atoms with Crippen LogP contribution in [0.5, 0.6) is 0 Å². The van der Waals surface area contributed by atoms with Crippen molar-refractivity contribution in [3.63, 3.8) is 0 Å². The standard InChI is InChI=1S/C9H11.C9H13.C8H8.2ClH.Zr/c1-2-5-9-7-3-6-8(9)4-1;1-3-8-6-5-7-9(8)4-2;1-2-8-6-4-3-5-7-8;;;/h3,6-7H,1-2,4-5H2;6H,3-4,7H2,1-2H3;3-7H,1H3;2*1H;/q2*-1;;;;+2/p-2. The van der Waals surface area contributed by atoms with Crippen LogP contribution in [0.1, 0.15) is 69.6 Å². The zero-order chi connectivity index (χ0) is 19.5. The second-order valence-electron chi connectivity index (χ2n) is 7.14. The monoisotopic (exact) mass is 504 g/mol. The molecule has 0 radical (unpaired) electrons. The molecule has 4 rings (SSSR count). The average molecular weight is 507 g/mol. The minimum Gasteiger partial charge on any atom is -1.00 e. The van der Waals surface area contributed by atoms with E-state index in [9.17, 15) is 0 Å². The molecule has 0 aromatic heterocycles. The van der Waals surface area contributed by atoms with E-state index in [1.165, 1.54) is 77.1 Å². The second-order valence-corrected chi connectivity index (χ2v) is 8.98. The van der Waals surface area contributed by atoms with Gasteiger partial charge in [-0.2, -0.15) is 34.4 Å². The van der Waals surface area contributed by atoms with Gasteiger partial charge in [-0.15, -0.1) is 6.42 Å². The summed E-state index contributed by atoms with van der Waals surface area (Å²) in [5.74, 6) is 0. The predicted molar refractivity (Wildman–Crippen MR) is 115 cm³/mol. The molecule has 156 valence electrons. The van der Waals surface area contributed by atoms with E-state index in [2.05, 4.69) is 75.4 Å². The summed E-state index contributed by atoms with van der Waals surface area (Å²) in [6, 6.07) is 17.2. The Labute approximate surface area is 205 Å². The fraction of sp³-hybridized carbons (Fsp3) is 0.385. The summed E-state index contributed by atoms with van der Waals surface area (Å²) in [5, 5.41) is 0. The van der Waals surface area contributed by atoms with E-state index in [4.69, 9.17) is 0 Å². The Morgan fingerprint density at radius 3 is 2.21 bits per heavy atom. The third-order valence-corrected chi connectivity index (χ3v) is 5.92. The Bertz CT molecular complexity index is 749. The molecule has 2 aromatic rings. The number of halogens is 2. The van der Waals surface area contributed by atoms with Crippen LogP contribution in [0.15, 0.2) is 65.8 Å². The molecule has 0 unspecified atom stereocenters. The molecule has 0 amide bonds. The zero-order valence-electron chi connectivity index (χ0n) is 17.9. The Balaban J connectivity index is 0.000000392. The molecule has 2 aliphatic carbocycles. The maximum Gasteiger partial charge on any atom is -0.0512 e. The molecule has 0 aliphatic heterocycles. The van der Waals surface area contributed by atoms with Crippen molar-refractivity contribution in [3.05, 3.63) is 88.5 Å². The topological polar surface area (TPSA) is 0 Å². The normalized spacial score (nSPS) is 13.7. The quantitative estimate of drug-likeness (QED) is 0.544. The summed E-state index contributed by atoms with van der Waals surface area (Å²) in [4.78, 5) is 0. The molecule has 0 spiro atoms. The number of hydrogen-bond donors (Lipinski definition) is 0. The molecule has 0 saturated heterocycles. The molecule has 0 saturated carbocycles. The maximum absolute atomic E-state index is 3.23. The first-order valence-corrected chi connectivity index (χ1v) is 11.5. The van der Waals surface area contributed by atoms with Crippen molar-refractivity contribution in [3.8, 4) is 0 Å². The van der Waals surface area contributed by atoms with Crippen LogP contribution in [0.3, 0.4) is 0 Å². The molecule has 0 atom stereocenters. The first kappa shape index (κ1) is 28.4. The van der Waals surface area contributed by atoms with Gasteiger partial charge in [0.2, 0.25) is 0 Å². The van der Waals surface area contributed by atoms with Gasteiger partial charge in [-0.3, -0.25) is 6.08 Å². The Morgan fingerprint density at radius 1 is 1.00 bits per heavy atom. The largest absolute Gasteiger partial charge is 1.00 e. The van der Waals surface area contributed by atoms with Crippen LogP contribution in [0.25, 0.3) is 0 Å². The van der Waals surface area contributed by atoms with Crippen LogP contribution in [0.2, 0.25) is 0 Å². The molecule has 2 aromatic carbocycles. The van der Waals surface area contributed by atoms with Crippen molar-refractivity contribution in [1.82, 2.24) is 0 Å². The van der Waals surface area contributed by atoms with Crippen LogP contribution >= 0.6 is 0 Å². The van der Waals surface area contributed by atoms with Gasteiger partial charge < -0.3 is 24.8 Å². The van der Waals surface area contributed by atoms with Crippen LogP contribution in [0.4, 0.5) is 0 Å². The molecular formula is C26H32Cl2Zr-2. The zero-order valence-corrected chi connectivity index (χ0v) is 21.9.